The van der Waals surface area contributed by atoms with Crippen molar-refractivity contribution in [2.24, 2.45) is 0 Å². The zero-order valence-electron chi connectivity index (χ0n) is 16.8. The molecule has 0 saturated heterocycles. The molecule has 0 heterocycles. The number of hydrogen-bond donors (Lipinski definition) is 0. The van der Waals surface area contributed by atoms with Crippen molar-refractivity contribution in [1.29, 1.82) is 0 Å². The van der Waals surface area contributed by atoms with Crippen molar-refractivity contribution in [3.63, 3.8) is 0 Å². The summed E-state index contributed by atoms with van der Waals surface area (Å²) in [4.78, 5) is 36.4. The highest BCUT2D eigenvalue weighted by Crippen LogP contribution is 2.18. The molecular weight excluding hydrogens is 408 g/mol. The molecule has 0 aliphatic carbocycles. The van der Waals surface area contributed by atoms with Crippen LogP contribution in [0.25, 0.3) is 0 Å². The summed E-state index contributed by atoms with van der Waals surface area (Å²) in [6, 6.07) is 14.9. The number of para-hydroxylation sites is 1. The first-order chi connectivity index (χ1) is 14.5. The predicted octanol–water partition coefficient (Wildman–Crippen LogP) is 5.62. The van der Waals surface area contributed by atoms with E-state index in [1.807, 2.05) is 0 Å². The lowest BCUT2D eigenvalue weighted by Gasteiger charge is -2.17. The minimum Gasteiger partial charge on any atom is -0.466 e. The fourth-order valence-corrected chi connectivity index (χ4v) is 2.90. The van der Waals surface area contributed by atoms with Crippen LogP contribution in [0, 0.1) is 0 Å². The van der Waals surface area contributed by atoms with Crippen LogP contribution in [-0.4, -0.2) is 30.6 Å². The quantitative estimate of drug-likeness (QED) is 0.198. The number of carbonyl (C=O) groups is 3. The fourth-order valence-electron chi connectivity index (χ4n) is 2.78. The van der Waals surface area contributed by atoms with Crippen LogP contribution in [0.4, 0.5) is 4.79 Å². The lowest BCUT2D eigenvalue weighted by Crippen LogP contribution is -2.29. The van der Waals surface area contributed by atoms with Crippen LogP contribution in [0.15, 0.2) is 54.6 Å². The molecule has 0 amide bonds. The predicted molar refractivity (Wildman–Crippen MR) is 113 cm³/mol. The third-order valence-corrected chi connectivity index (χ3v) is 4.51. The second-order valence-corrected chi connectivity index (χ2v) is 6.98. The molecule has 0 N–H and O–H groups in total. The number of ketones is 1. The maximum Gasteiger partial charge on any atom is 0.514 e. The second-order valence-electron chi connectivity index (χ2n) is 6.55. The molecular formula is C23H25ClO6. The molecule has 2 rings (SSSR count). The van der Waals surface area contributed by atoms with Crippen LogP contribution in [0.5, 0.6) is 5.75 Å². The van der Waals surface area contributed by atoms with Crippen LogP contribution < -0.4 is 4.74 Å². The summed E-state index contributed by atoms with van der Waals surface area (Å²) in [5, 5.41) is 0.506. The zero-order chi connectivity index (χ0) is 21.8. The van der Waals surface area contributed by atoms with E-state index in [9.17, 15) is 14.4 Å². The molecule has 0 spiro atoms. The van der Waals surface area contributed by atoms with Gasteiger partial charge in [-0.1, -0.05) is 36.2 Å². The molecule has 160 valence electrons. The highest BCUT2D eigenvalue weighted by atomic mass is 35.5. The van der Waals surface area contributed by atoms with Crippen molar-refractivity contribution in [2.75, 3.05) is 6.61 Å². The number of unbranched alkanes of at least 4 members (excludes halogenated alkanes) is 2. The van der Waals surface area contributed by atoms with E-state index in [1.165, 1.54) is 0 Å². The van der Waals surface area contributed by atoms with Gasteiger partial charge in [-0.3, -0.25) is 9.59 Å². The van der Waals surface area contributed by atoms with E-state index in [2.05, 4.69) is 0 Å². The highest BCUT2D eigenvalue weighted by molar-refractivity contribution is 6.30. The molecule has 30 heavy (non-hydrogen) atoms. The molecule has 0 aliphatic heterocycles. The molecule has 1 unspecified atom stereocenters. The minimum absolute atomic E-state index is 0.242. The number of esters is 1. The monoisotopic (exact) mass is 432 g/mol. The average Bonchev–Trinajstić information content (AvgIpc) is 2.73. The lowest BCUT2D eigenvalue weighted by atomic mass is 10.0. The first kappa shape index (κ1) is 23.4. The number of carbonyl (C=O) groups excluding carboxylic acids is 3. The van der Waals surface area contributed by atoms with Crippen LogP contribution in [0.3, 0.4) is 0 Å². The summed E-state index contributed by atoms with van der Waals surface area (Å²) in [6.07, 6.45) is 0.622. The van der Waals surface area contributed by atoms with Gasteiger partial charge >= 0.3 is 12.1 Å². The Morgan fingerprint density at radius 2 is 1.63 bits per heavy atom. The number of rotatable bonds is 11. The second kappa shape index (κ2) is 12.6. The molecule has 0 fully saturated rings. The Labute approximate surface area is 181 Å². The largest absolute Gasteiger partial charge is 0.514 e. The van der Waals surface area contributed by atoms with E-state index in [0.29, 0.717) is 55.0 Å². The number of hydrogen-bond acceptors (Lipinski definition) is 6. The van der Waals surface area contributed by atoms with Gasteiger partial charge in [0, 0.05) is 17.0 Å². The van der Waals surface area contributed by atoms with E-state index in [4.69, 9.17) is 25.8 Å². The Kier molecular flexibility index (Phi) is 9.87. The van der Waals surface area contributed by atoms with Crippen molar-refractivity contribution in [1.82, 2.24) is 0 Å². The Morgan fingerprint density at radius 1 is 0.933 bits per heavy atom. The van der Waals surface area contributed by atoms with Crippen LogP contribution in [-0.2, 0) is 14.3 Å². The van der Waals surface area contributed by atoms with Crippen molar-refractivity contribution in [3.8, 4) is 5.75 Å². The summed E-state index contributed by atoms with van der Waals surface area (Å²) in [5.41, 5.74) is 0.392. The van der Waals surface area contributed by atoms with Crippen molar-refractivity contribution < 1.29 is 28.6 Å². The van der Waals surface area contributed by atoms with Gasteiger partial charge < -0.3 is 14.2 Å². The fraction of sp³-hybridized carbons (Fsp3) is 0.348. The molecule has 2 aromatic carbocycles. The molecule has 7 heteroatoms. The third-order valence-electron chi connectivity index (χ3n) is 4.26. The van der Waals surface area contributed by atoms with Gasteiger partial charge in [-0.05, 0) is 62.6 Å². The molecule has 0 bridgehead atoms. The van der Waals surface area contributed by atoms with Gasteiger partial charge in [-0.2, -0.15) is 0 Å². The van der Waals surface area contributed by atoms with E-state index >= 15 is 0 Å². The zero-order valence-corrected chi connectivity index (χ0v) is 17.6. The summed E-state index contributed by atoms with van der Waals surface area (Å²) in [7, 11) is 0. The Balaban J connectivity index is 1.95. The number of benzene rings is 2. The molecule has 0 aliphatic rings. The van der Waals surface area contributed by atoms with E-state index < -0.39 is 12.3 Å². The number of ether oxygens (including phenoxy) is 3. The standard InChI is InChI=1S/C23H25ClO6/c1-2-28-21(25)12-8-4-7-11-20(22(26)17-13-15-18(24)16-14-17)30-23(27)29-19-9-5-3-6-10-19/h3,5-6,9-10,13-16,20H,2,4,7-8,11-12H2,1H3. The number of halogens is 1. The molecule has 2 aromatic rings. The Morgan fingerprint density at radius 3 is 2.30 bits per heavy atom. The van der Waals surface area contributed by atoms with Gasteiger partial charge in [0.15, 0.2) is 6.10 Å². The Hall–Kier alpha value is -2.86. The molecule has 0 saturated carbocycles. The molecule has 6 nitrogen and oxygen atoms in total. The summed E-state index contributed by atoms with van der Waals surface area (Å²) < 4.78 is 15.4. The van der Waals surface area contributed by atoms with E-state index in [0.717, 1.165) is 0 Å². The topological polar surface area (TPSA) is 78.9 Å². The van der Waals surface area contributed by atoms with E-state index in [1.54, 1.807) is 61.5 Å². The molecule has 0 radical (unpaired) electrons. The van der Waals surface area contributed by atoms with Gasteiger partial charge in [0.2, 0.25) is 5.78 Å². The van der Waals surface area contributed by atoms with E-state index in [-0.39, 0.29) is 11.8 Å². The van der Waals surface area contributed by atoms with Crippen molar-refractivity contribution in [2.45, 2.75) is 45.1 Å². The van der Waals surface area contributed by atoms with Crippen molar-refractivity contribution >= 4 is 29.5 Å². The average molecular weight is 433 g/mol. The Bertz CT molecular complexity index is 819. The van der Waals surface area contributed by atoms with Crippen LogP contribution >= 0.6 is 11.6 Å². The first-order valence-corrected chi connectivity index (χ1v) is 10.3. The summed E-state index contributed by atoms with van der Waals surface area (Å²) in [5.74, 6) is -0.245. The SMILES string of the molecule is CCOC(=O)CCCCCC(OC(=O)Oc1ccccc1)C(=O)c1ccc(Cl)cc1. The summed E-state index contributed by atoms with van der Waals surface area (Å²) in [6.45, 7) is 2.12. The number of Topliss-reactive ketones (excluding diaryl/α,β-unsaturated/α-hetero) is 1. The van der Waals surface area contributed by atoms with Gasteiger partial charge in [0.25, 0.3) is 0 Å². The minimum atomic E-state index is -0.995. The van der Waals surface area contributed by atoms with Crippen molar-refractivity contribution in [3.05, 3.63) is 65.2 Å². The molecule has 1 atom stereocenters. The van der Waals surface area contributed by atoms with Crippen LogP contribution in [0.1, 0.15) is 49.4 Å². The van der Waals surface area contributed by atoms with Gasteiger partial charge in [0.05, 0.1) is 6.61 Å². The van der Waals surface area contributed by atoms with Gasteiger partial charge in [-0.15, -0.1) is 0 Å². The van der Waals surface area contributed by atoms with Crippen LogP contribution in [0.2, 0.25) is 5.02 Å². The third kappa shape index (κ3) is 8.25. The normalized spacial score (nSPS) is 11.4. The molecule has 0 aromatic heterocycles. The van der Waals surface area contributed by atoms with Gasteiger partial charge in [-0.25, -0.2) is 4.79 Å². The van der Waals surface area contributed by atoms with Gasteiger partial charge in [0.1, 0.15) is 5.75 Å². The maximum absolute atomic E-state index is 12.9. The lowest BCUT2D eigenvalue weighted by molar-refractivity contribution is -0.143. The summed E-state index contributed by atoms with van der Waals surface area (Å²) >= 11 is 5.88. The highest BCUT2D eigenvalue weighted by Gasteiger charge is 2.25. The smallest absolute Gasteiger partial charge is 0.466 e. The first-order valence-electron chi connectivity index (χ1n) is 9.88. The maximum atomic E-state index is 12.9.